The molecule has 1 heterocycles. The van der Waals surface area contributed by atoms with Crippen molar-refractivity contribution in [2.45, 2.75) is 63.8 Å². The second-order valence-corrected chi connectivity index (χ2v) is 10.4. The molecule has 0 aromatic rings. The molecule has 1 fully saturated rings. The number of carbonyl (C=O) groups is 1. The first-order valence-electron chi connectivity index (χ1n) is 8.24. The van der Waals surface area contributed by atoms with Gasteiger partial charge in [-0.05, 0) is 25.7 Å². The quantitative estimate of drug-likeness (QED) is 0.400. The van der Waals surface area contributed by atoms with Crippen LogP contribution in [0, 0.1) is 5.92 Å². The van der Waals surface area contributed by atoms with Crippen LogP contribution in [0.3, 0.4) is 0 Å². The zero-order valence-corrected chi connectivity index (χ0v) is 16.7. The van der Waals surface area contributed by atoms with Crippen LogP contribution in [0.25, 0.3) is 0 Å². The molecule has 0 saturated carbocycles. The summed E-state index contributed by atoms with van der Waals surface area (Å²) in [5.41, 5.74) is 0. The second-order valence-electron chi connectivity index (χ2n) is 6.42. The Labute approximate surface area is 153 Å². The third kappa shape index (κ3) is 6.30. The number of hydrogen-bond acceptors (Lipinski definition) is 9. The zero-order chi connectivity index (χ0) is 19.4. The molecule has 1 aliphatic rings. The normalized spacial score (nSPS) is 35.0. The van der Waals surface area contributed by atoms with E-state index in [0.717, 1.165) is 6.92 Å². The van der Waals surface area contributed by atoms with E-state index in [1.165, 1.54) is 6.92 Å². The molecule has 4 N–H and O–H groups in total. The molecule has 0 aromatic carbocycles. The van der Waals surface area contributed by atoms with Crippen molar-refractivity contribution in [3.05, 3.63) is 0 Å². The SMILES string of the molecule is CCOP(C)(=S)O[C@H](CO)CC1OC(O)(C(C)=O)CC(O)C1[C@@H](C)O. The van der Waals surface area contributed by atoms with Crippen LogP contribution in [0.15, 0.2) is 0 Å². The molecule has 0 radical (unpaired) electrons. The Balaban J connectivity index is 2.98. The van der Waals surface area contributed by atoms with Gasteiger partial charge in [-0.15, -0.1) is 0 Å². The van der Waals surface area contributed by atoms with E-state index in [1.807, 2.05) is 0 Å². The molecule has 25 heavy (non-hydrogen) atoms. The summed E-state index contributed by atoms with van der Waals surface area (Å²) < 4.78 is 16.6. The lowest BCUT2D eigenvalue weighted by molar-refractivity contribution is -0.284. The summed E-state index contributed by atoms with van der Waals surface area (Å²) in [7, 11) is 0. The van der Waals surface area contributed by atoms with Gasteiger partial charge in [0.15, 0.2) is 12.3 Å². The van der Waals surface area contributed by atoms with Crippen LogP contribution in [0.4, 0.5) is 0 Å². The van der Waals surface area contributed by atoms with E-state index in [2.05, 4.69) is 0 Å². The van der Waals surface area contributed by atoms with Crippen LogP contribution < -0.4 is 0 Å². The summed E-state index contributed by atoms with van der Waals surface area (Å²) in [6.45, 7) is 3.45. The van der Waals surface area contributed by atoms with Crippen LogP contribution in [-0.2, 0) is 30.4 Å². The van der Waals surface area contributed by atoms with Gasteiger partial charge >= 0.3 is 0 Å². The Bertz CT molecular complexity index is 502. The van der Waals surface area contributed by atoms with Gasteiger partial charge in [0.05, 0.1) is 37.6 Å². The second kappa shape index (κ2) is 9.30. The van der Waals surface area contributed by atoms with Crippen LogP contribution in [0.2, 0.25) is 0 Å². The third-order valence-electron chi connectivity index (χ3n) is 4.22. The Morgan fingerprint density at radius 3 is 2.56 bits per heavy atom. The Morgan fingerprint density at radius 2 is 2.12 bits per heavy atom. The molecule has 7 atom stereocenters. The van der Waals surface area contributed by atoms with Gasteiger partial charge in [0.25, 0.3) is 0 Å². The van der Waals surface area contributed by atoms with Crippen LogP contribution in [0.5, 0.6) is 0 Å². The summed E-state index contributed by atoms with van der Waals surface area (Å²) in [5.74, 6) is -3.53. The molecule has 0 bridgehead atoms. The summed E-state index contributed by atoms with van der Waals surface area (Å²) in [6.07, 6.45) is -4.10. The lowest BCUT2D eigenvalue weighted by atomic mass is 9.81. The number of Topliss-reactive ketones (excluding diaryl/α,β-unsaturated/α-hetero) is 1. The number of ether oxygens (including phenoxy) is 1. The summed E-state index contributed by atoms with van der Waals surface area (Å²) >= 11 is 5.26. The Morgan fingerprint density at radius 1 is 1.52 bits per heavy atom. The largest absolute Gasteiger partial charge is 0.394 e. The maximum absolute atomic E-state index is 11.7. The van der Waals surface area contributed by atoms with Gasteiger partial charge in [0, 0.05) is 32.3 Å². The standard InChI is InChI=1S/C15H29O8PS/c1-5-21-24(4,25)23-11(8-16)6-13-14(9(2)17)12(19)7-15(20,22-13)10(3)18/h9,11-14,16-17,19-20H,5-8H2,1-4H3/t9-,11+,12?,13?,14?,15?,24?/m1/s1. The highest BCUT2D eigenvalue weighted by Crippen LogP contribution is 2.47. The number of aliphatic hydroxyl groups is 4. The number of hydrogen-bond donors (Lipinski definition) is 4. The van der Waals surface area contributed by atoms with Crippen molar-refractivity contribution in [1.29, 1.82) is 0 Å². The van der Waals surface area contributed by atoms with Gasteiger partial charge in [-0.25, -0.2) is 0 Å². The maximum atomic E-state index is 11.7. The molecule has 1 rings (SSSR count). The fourth-order valence-electron chi connectivity index (χ4n) is 3.05. The molecule has 5 unspecified atom stereocenters. The van der Waals surface area contributed by atoms with E-state index in [1.54, 1.807) is 13.6 Å². The lowest BCUT2D eigenvalue weighted by Gasteiger charge is -2.45. The number of carbonyl (C=O) groups excluding carboxylic acids is 1. The molecule has 0 spiro atoms. The predicted molar refractivity (Wildman–Crippen MR) is 94.7 cm³/mol. The number of aliphatic hydroxyl groups excluding tert-OH is 3. The van der Waals surface area contributed by atoms with Gasteiger partial charge in [-0.3, -0.25) is 4.79 Å². The first kappa shape index (κ1) is 23.1. The summed E-state index contributed by atoms with van der Waals surface area (Å²) in [4.78, 5) is 11.7. The fraction of sp³-hybridized carbons (Fsp3) is 0.933. The number of rotatable bonds is 9. The van der Waals surface area contributed by atoms with Crippen molar-refractivity contribution in [3.8, 4) is 0 Å². The molecule has 1 aliphatic heterocycles. The van der Waals surface area contributed by atoms with Gasteiger partial charge in [0.2, 0.25) is 5.79 Å². The van der Waals surface area contributed by atoms with E-state index in [0.29, 0.717) is 6.61 Å². The Hall–Kier alpha value is 0.0400. The van der Waals surface area contributed by atoms with Gasteiger partial charge < -0.3 is 34.2 Å². The molecule has 1 saturated heterocycles. The molecule has 0 aromatic heterocycles. The Kier molecular flexibility index (Phi) is 8.59. The molecule has 0 aliphatic carbocycles. The average Bonchev–Trinajstić information content (AvgIpc) is 2.44. The van der Waals surface area contributed by atoms with Crippen molar-refractivity contribution in [1.82, 2.24) is 0 Å². The minimum atomic E-state index is -2.58. The minimum absolute atomic E-state index is 0.0258. The summed E-state index contributed by atoms with van der Waals surface area (Å²) in [6, 6.07) is 0. The first-order chi connectivity index (χ1) is 11.5. The predicted octanol–water partition coefficient (Wildman–Crippen LogP) is 0.154. The molecule has 148 valence electrons. The highest BCUT2D eigenvalue weighted by atomic mass is 32.5. The van der Waals surface area contributed by atoms with E-state index in [9.17, 15) is 25.2 Å². The molecular weight excluding hydrogens is 371 g/mol. The topological polar surface area (TPSA) is 126 Å². The van der Waals surface area contributed by atoms with Crippen LogP contribution in [0.1, 0.15) is 33.6 Å². The van der Waals surface area contributed by atoms with Crippen molar-refractivity contribution in [2.75, 3.05) is 19.9 Å². The third-order valence-corrected chi connectivity index (χ3v) is 6.20. The number of ketones is 1. The highest BCUT2D eigenvalue weighted by molar-refractivity contribution is 8.09. The van der Waals surface area contributed by atoms with E-state index < -0.39 is 48.4 Å². The lowest BCUT2D eigenvalue weighted by Crippen LogP contribution is -2.58. The van der Waals surface area contributed by atoms with Gasteiger partial charge in [-0.2, -0.15) is 0 Å². The zero-order valence-electron chi connectivity index (χ0n) is 15.0. The van der Waals surface area contributed by atoms with Crippen molar-refractivity contribution in [2.24, 2.45) is 5.92 Å². The van der Waals surface area contributed by atoms with Crippen molar-refractivity contribution >= 4 is 24.1 Å². The molecule has 10 heteroatoms. The highest BCUT2D eigenvalue weighted by Gasteiger charge is 2.50. The maximum Gasteiger partial charge on any atom is 0.228 e. The van der Waals surface area contributed by atoms with Crippen molar-refractivity contribution < 1.29 is 39.0 Å². The van der Waals surface area contributed by atoms with Crippen LogP contribution >= 0.6 is 6.49 Å². The van der Waals surface area contributed by atoms with E-state index in [4.69, 9.17) is 25.6 Å². The van der Waals surface area contributed by atoms with E-state index >= 15 is 0 Å². The monoisotopic (exact) mass is 400 g/mol. The first-order valence-corrected chi connectivity index (χ1v) is 11.3. The van der Waals surface area contributed by atoms with E-state index in [-0.39, 0.29) is 19.4 Å². The van der Waals surface area contributed by atoms with Crippen LogP contribution in [-0.4, -0.2) is 76.3 Å². The van der Waals surface area contributed by atoms with Crippen molar-refractivity contribution in [3.63, 3.8) is 0 Å². The van der Waals surface area contributed by atoms with Gasteiger partial charge in [-0.1, -0.05) is 0 Å². The smallest absolute Gasteiger partial charge is 0.228 e. The molecular formula is C15H29O8PS. The summed E-state index contributed by atoms with van der Waals surface area (Å²) in [5, 5.41) is 40.2. The minimum Gasteiger partial charge on any atom is -0.394 e. The molecule has 8 nitrogen and oxygen atoms in total. The molecule has 0 amide bonds. The fourth-order valence-corrected chi connectivity index (χ4v) is 4.96. The average molecular weight is 400 g/mol. The van der Waals surface area contributed by atoms with Gasteiger partial charge in [0.1, 0.15) is 0 Å².